The van der Waals surface area contributed by atoms with Gasteiger partial charge in [-0.15, -0.1) is 0 Å². The van der Waals surface area contributed by atoms with E-state index < -0.39 is 32.4 Å². The van der Waals surface area contributed by atoms with Crippen molar-refractivity contribution in [2.75, 3.05) is 0 Å². The van der Waals surface area contributed by atoms with Gasteiger partial charge in [0.05, 0.1) is 27.4 Å². The predicted octanol–water partition coefficient (Wildman–Crippen LogP) is 5.53. The Balaban J connectivity index is 1.62. The van der Waals surface area contributed by atoms with E-state index in [1.165, 1.54) is 12.1 Å². The highest BCUT2D eigenvalue weighted by Gasteiger charge is 2.35. The van der Waals surface area contributed by atoms with Gasteiger partial charge in [-0.25, -0.2) is 0 Å². The number of nitro benzene ring substituents is 2. The van der Waals surface area contributed by atoms with E-state index in [4.69, 9.17) is 4.74 Å². The van der Waals surface area contributed by atoms with Crippen LogP contribution in [-0.4, -0.2) is 25.9 Å². The van der Waals surface area contributed by atoms with E-state index in [-0.39, 0.29) is 22.9 Å². The summed E-state index contributed by atoms with van der Waals surface area (Å²) in [5.74, 6) is -0.488. The third kappa shape index (κ3) is 4.79. The van der Waals surface area contributed by atoms with Gasteiger partial charge in [-0.1, -0.05) is 48.5 Å². The summed E-state index contributed by atoms with van der Waals surface area (Å²) in [6, 6.07) is 18.6. The molecule has 170 valence electrons. The molecule has 1 aliphatic heterocycles. The molecule has 3 aromatic carbocycles. The van der Waals surface area contributed by atoms with Crippen LogP contribution in [0.4, 0.5) is 16.2 Å². The number of hydrogen-bond acceptors (Lipinski definition) is 8. The summed E-state index contributed by atoms with van der Waals surface area (Å²) in [7, 11) is 0. The number of imide groups is 1. The molecular weight excluding hydrogens is 462 g/mol. The standard InChI is InChI=1S/C23H15N3O7S/c27-22-21(34-23(28)24(22)14-15-6-2-1-3-7-15)12-16-8-4-5-9-19(16)33-20-11-10-17(25(29)30)13-18(20)26(31)32/h1-13H,14H2/b21-12+. The van der Waals surface area contributed by atoms with Gasteiger partial charge in [0.1, 0.15) is 5.75 Å². The molecule has 0 atom stereocenters. The monoisotopic (exact) mass is 477 g/mol. The molecule has 4 rings (SSSR count). The molecule has 1 aliphatic rings. The summed E-state index contributed by atoms with van der Waals surface area (Å²) in [4.78, 5) is 47.5. The molecule has 0 saturated carbocycles. The summed E-state index contributed by atoms with van der Waals surface area (Å²) < 4.78 is 5.70. The van der Waals surface area contributed by atoms with Crippen LogP contribution in [0.15, 0.2) is 77.7 Å². The molecule has 3 aromatic rings. The van der Waals surface area contributed by atoms with Crippen molar-refractivity contribution in [2.45, 2.75) is 6.54 Å². The maximum atomic E-state index is 12.9. The van der Waals surface area contributed by atoms with Gasteiger partial charge in [-0.05, 0) is 35.5 Å². The fraction of sp³-hybridized carbons (Fsp3) is 0.0435. The second kappa shape index (κ2) is 9.55. The maximum Gasteiger partial charge on any atom is 0.318 e. The van der Waals surface area contributed by atoms with Crippen LogP contribution in [0.3, 0.4) is 0 Å². The lowest BCUT2D eigenvalue weighted by Crippen LogP contribution is -2.27. The zero-order chi connectivity index (χ0) is 24.2. The number of carbonyl (C=O) groups is 2. The molecule has 0 N–H and O–H groups in total. The zero-order valence-electron chi connectivity index (χ0n) is 17.3. The van der Waals surface area contributed by atoms with E-state index >= 15 is 0 Å². The Labute approximate surface area is 196 Å². The smallest absolute Gasteiger partial charge is 0.318 e. The molecule has 11 heteroatoms. The van der Waals surface area contributed by atoms with E-state index in [0.29, 0.717) is 5.56 Å². The number of hydrogen-bond donors (Lipinski definition) is 0. The van der Waals surface area contributed by atoms with Crippen molar-refractivity contribution >= 4 is 40.4 Å². The molecule has 34 heavy (non-hydrogen) atoms. The number of para-hydroxylation sites is 1. The Morgan fingerprint density at radius 2 is 1.59 bits per heavy atom. The first-order valence-electron chi connectivity index (χ1n) is 9.82. The Bertz CT molecular complexity index is 1340. The maximum absolute atomic E-state index is 12.9. The number of ether oxygens (including phenoxy) is 1. The fourth-order valence-corrected chi connectivity index (χ4v) is 4.03. The third-order valence-electron chi connectivity index (χ3n) is 4.83. The van der Waals surface area contributed by atoms with E-state index in [2.05, 4.69) is 0 Å². The van der Waals surface area contributed by atoms with Gasteiger partial charge >= 0.3 is 5.69 Å². The van der Waals surface area contributed by atoms with Crippen molar-refractivity contribution in [3.8, 4) is 11.5 Å². The highest BCUT2D eigenvalue weighted by atomic mass is 32.2. The molecular formula is C23H15N3O7S. The Morgan fingerprint density at radius 3 is 2.29 bits per heavy atom. The normalized spacial score (nSPS) is 14.5. The number of amides is 2. The fourth-order valence-electron chi connectivity index (χ4n) is 3.20. The van der Waals surface area contributed by atoms with Crippen molar-refractivity contribution in [3.05, 3.63) is 109 Å². The molecule has 2 amide bonds. The van der Waals surface area contributed by atoms with Gasteiger partial charge in [0.15, 0.2) is 0 Å². The van der Waals surface area contributed by atoms with E-state index in [1.54, 1.807) is 18.2 Å². The Morgan fingerprint density at radius 1 is 0.882 bits per heavy atom. The van der Waals surface area contributed by atoms with E-state index in [9.17, 15) is 29.8 Å². The highest BCUT2D eigenvalue weighted by molar-refractivity contribution is 8.18. The molecule has 1 heterocycles. The zero-order valence-corrected chi connectivity index (χ0v) is 18.1. The second-order valence-corrected chi connectivity index (χ2v) is 8.05. The van der Waals surface area contributed by atoms with Gasteiger partial charge < -0.3 is 4.74 Å². The molecule has 0 aliphatic carbocycles. The van der Waals surface area contributed by atoms with Crippen molar-refractivity contribution in [1.29, 1.82) is 0 Å². The van der Waals surface area contributed by atoms with Crippen LogP contribution in [0.5, 0.6) is 11.5 Å². The second-order valence-electron chi connectivity index (χ2n) is 7.06. The molecule has 10 nitrogen and oxygen atoms in total. The minimum Gasteiger partial charge on any atom is -0.449 e. The van der Waals surface area contributed by atoms with Crippen molar-refractivity contribution in [1.82, 2.24) is 4.90 Å². The van der Waals surface area contributed by atoms with Gasteiger partial charge in [0, 0.05) is 11.6 Å². The third-order valence-corrected chi connectivity index (χ3v) is 5.74. The number of nitro groups is 2. The summed E-state index contributed by atoms with van der Waals surface area (Å²) >= 11 is 0.784. The number of carbonyl (C=O) groups excluding carboxylic acids is 2. The molecule has 0 aromatic heterocycles. The molecule has 1 saturated heterocycles. The van der Waals surface area contributed by atoms with Gasteiger partial charge in [-0.2, -0.15) is 0 Å². The number of rotatable bonds is 7. The lowest BCUT2D eigenvalue weighted by atomic mass is 10.1. The first-order valence-corrected chi connectivity index (χ1v) is 10.6. The van der Waals surface area contributed by atoms with Crippen molar-refractivity contribution in [3.63, 3.8) is 0 Å². The van der Waals surface area contributed by atoms with Gasteiger partial charge in [0.2, 0.25) is 5.75 Å². The number of nitrogens with zero attached hydrogens (tertiary/aromatic N) is 3. The van der Waals surface area contributed by atoms with Crippen LogP contribution < -0.4 is 4.74 Å². The van der Waals surface area contributed by atoms with Crippen LogP contribution in [0.1, 0.15) is 11.1 Å². The lowest BCUT2D eigenvalue weighted by molar-refractivity contribution is -0.394. The van der Waals surface area contributed by atoms with Crippen LogP contribution in [0.2, 0.25) is 0 Å². The van der Waals surface area contributed by atoms with Crippen LogP contribution in [0.25, 0.3) is 6.08 Å². The Hall–Kier alpha value is -4.51. The molecule has 0 unspecified atom stereocenters. The minimum absolute atomic E-state index is 0.135. The van der Waals surface area contributed by atoms with Gasteiger partial charge in [0.25, 0.3) is 16.8 Å². The summed E-state index contributed by atoms with van der Waals surface area (Å²) in [5, 5.41) is 22.0. The van der Waals surface area contributed by atoms with E-state index in [0.717, 1.165) is 40.4 Å². The molecule has 0 bridgehead atoms. The first-order chi connectivity index (χ1) is 16.3. The van der Waals surface area contributed by atoms with Crippen LogP contribution in [-0.2, 0) is 11.3 Å². The van der Waals surface area contributed by atoms with Crippen LogP contribution >= 0.6 is 11.8 Å². The van der Waals surface area contributed by atoms with Crippen LogP contribution in [0, 0.1) is 20.2 Å². The number of benzene rings is 3. The predicted molar refractivity (Wildman–Crippen MR) is 124 cm³/mol. The average molecular weight is 477 g/mol. The Kier molecular flexibility index (Phi) is 6.37. The SMILES string of the molecule is O=C1S/C(=C/c2ccccc2Oc2ccc([N+](=O)[O-])cc2[N+](=O)[O-])C(=O)N1Cc1ccccc1. The minimum atomic E-state index is -0.778. The molecule has 1 fully saturated rings. The topological polar surface area (TPSA) is 133 Å². The largest absolute Gasteiger partial charge is 0.449 e. The first kappa shape index (κ1) is 22.7. The quantitative estimate of drug-likeness (QED) is 0.246. The average Bonchev–Trinajstić information content (AvgIpc) is 3.08. The lowest BCUT2D eigenvalue weighted by Gasteiger charge is -2.12. The van der Waals surface area contributed by atoms with Crippen molar-refractivity contribution < 1.29 is 24.2 Å². The molecule has 0 radical (unpaired) electrons. The summed E-state index contributed by atoms with van der Waals surface area (Å²) in [6.07, 6.45) is 1.47. The summed E-state index contributed by atoms with van der Waals surface area (Å²) in [6.45, 7) is 0.135. The molecule has 0 spiro atoms. The summed E-state index contributed by atoms with van der Waals surface area (Å²) in [5.41, 5.74) is 0.187. The highest BCUT2D eigenvalue weighted by Crippen LogP contribution is 2.38. The van der Waals surface area contributed by atoms with E-state index in [1.807, 2.05) is 30.3 Å². The van der Waals surface area contributed by atoms with Gasteiger partial charge in [-0.3, -0.25) is 34.7 Å². The van der Waals surface area contributed by atoms with Crippen molar-refractivity contribution in [2.24, 2.45) is 0 Å². The number of non-ortho nitro benzene ring substituents is 1. The number of thioether (sulfide) groups is 1.